The second-order valence-corrected chi connectivity index (χ2v) is 3.73. The topological polar surface area (TPSA) is 58.1 Å². The van der Waals surface area contributed by atoms with Crippen LogP contribution in [0.25, 0.3) is 0 Å². The monoisotopic (exact) mass is 248 g/mol. The van der Waals surface area contributed by atoms with E-state index in [-0.39, 0.29) is 12.5 Å². The Morgan fingerprint density at radius 2 is 2.27 bits per heavy atom. The van der Waals surface area contributed by atoms with E-state index in [1.165, 1.54) is 0 Å². The maximum Gasteiger partial charge on any atom is 0.239 e. The fourth-order valence-corrected chi connectivity index (χ4v) is 1.90. The highest BCUT2D eigenvalue weighted by Gasteiger charge is 2.15. The highest BCUT2D eigenvalue weighted by molar-refractivity contribution is 6.99. The summed E-state index contributed by atoms with van der Waals surface area (Å²) in [6.45, 7) is 5.37. The van der Waals surface area contributed by atoms with Crippen LogP contribution < -0.4 is 10.2 Å². The highest BCUT2D eigenvalue weighted by atomic mass is 35.5. The molecule has 1 rings (SSSR count). The van der Waals surface area contributed by atoms with Gasteiger partial charge in [-0.1, -0.05) is 11.6 Å². The number of carbonyl (C=O) groups excluding carboxylic acids is 1. The van der Waals surface area contributed by atoms with Crippen LogP contribution in [0.3, 0.4) is 0 Å². The van der Waals surface area contributed by atoms with E-state index >= 15 is 0 Å². The molecule has 0 unspecified atom stereocenters. The van der Waals surface area contributed by atoms with E-state index < -0.39 is 0 Å². The molecule has 0 aromatic carbocycles. The van der Waals surface area contributed by atoms with Crippen molar-refractivity contribution in [2.75, 3.05) is 24.5 Å². The largest absolute Gasteiger partial charge is 0.355 e. The number of aromatic nitrogens is 2. The number of anilines is 1. The van der Waals surface area contributed by atoms with Gasteiger partial charge in [0, 0.05) is 13.1 Å². The predicted octanol–water partition coefficient (Wildman–Crippen LogP) is 1.15. The Balaban J connectivity index is 2.64. The lowest BCUT2D eigenvalue weighted by atomic mass is 10.4. The number of halogens is 1. The first kappa shape index (κ1) is 12.2. The molecule has 0 atom stereocenters. The van der Waals surface area contributed by atoms with Crippen molar-refractivity contribution in [3.05, 3.63) is 5.15 Å². The van der Waals surface area contributed by atoms with Crippen LogP contribution in [0.4, 0.5) is 5.82 Å². The third kappa shape index (κ3) is 3.32. The fourth-order valence-electron chi connectivity index (χ4n) is 1.12. The number of nitrogens with one attached hydrogen (secondary N) is 1. The number of hydrogen-bond acceptors (Lipinski definition) is 5. The van der Waals surface area contributed by atoms with E-state index in [1.807, 2.05) is 13.8 Å². The summed E-state index contributed by atoms with van der Waals surface area (Å²) in [6, 6.07) is 0. The van der Waals surface area contributed by atoms with Gasteiger partial charge in [-0.15, -0.1) is 0 Å². The first-order valence-electron chi connectivity index (χ1n) is 4.68. The lowest BCUT2D eigenvalue weighted by Crippen LogP contribution is -2.37. The number of rotatable bonds is 5. The lowest BCUT2D eigenvalue weighted by Gasteiger charge is -2.19. The van der Waals surface area contributed by atoms with Gasteiger partial charge in [0.25, 0.3) is 0 Å². The van der Waals surface area contributed by atoms with Crippen molar-refractivity contribution in [3.8, 4) is 0 Å². The first-order valence-corrected chi connectivity index (χ1v) is 5.79. The Labute approximate surface area is 97.8 Å². The molecule has 0 aliphatic carbocycles. The summed E-state index contributed by atoms with van der Waals surface area (Å²) in [5.74, 6) is 0.541. The van der Waals surface area contributed by atoms with Gasteiger partial charge in [0.2, 0.25) is 5.91 Å². The van der Waals surface area contributed by atoms with E-state index in [0.717, 1.165) is 11.7 Å². The number of carbonyl (C=O) groups is 1. The highest BCUT2D eigenvalue weighted by Crippen LogP contribution is 2.22. The quantitative estimate of drug-likeness (QED) is 0.850. The molecule has 5 nitrogen and oxygen atoms in total. The molecule has 0 bridgehead atoms. The summed E-state index contributed by atoms with van der Waals surface area (Å²) in [5, 5.41) is 3.08. The second kappa shape index (κ2) is 5.87. The Hall–Kier alpha value is -0.880. The van der Waals surface area contributed by atoms with Crippen LogP contribution in [0, 0.1) is 0 Å². The van der Waals surface area contributed by atoms with Crippen molar-refractivity contribution >= 4 is 35.1 Å². The van der Waals surface area contributed by atoms with Crippen LogP contribution in [0.2, 0.25) is 5.15 Å². The molecule has 0 saturated heterocycles. The van der Waals surface area contributed by atoms with Crippen LogP contribution >= 0.6 is 23.3 Å². The minimum absolute atomic E-state index is 0.0385. The number of hydrogen-bond donors (Lipinski definition) is 1. The lowest BCUT2D eigenvalue weighted by molar-refractivity contribution is -0.119. The molecule has 15 heavy (non-hydrogen) atoms. The van der Waals surface area contributed by atoms with Gasteiger partial charge in [-0.05, 0) is 13.8 Å². The number of likely N-dealkylation sites (N-methyl/N-ethyl adjacent to an activating group) is 2. The molecule has 1 N–H and O–H groups in total. The van der Waals surface area contributed by atoms with Crippen LogP contribution in [0.1, 0.15) is 13.8 Å². The van der Waals surface area contributed by atoms with Crippen molar-refractivity contribution < 1.29 is 4.79 Å². The summed E-state index contributed by atoms with van der Waals surface area (Å²) < 4.78 is 7.91. The summed E-state index contributed by atoms with van der Waals surface area (Å²) in [5.41, 5.74) is 0. The zero-order valence-electron chi connectivity index (χ0n) is 8.66. The van der Waals surface area contributed by atoms with Crippen molar-refractivity contribution in [2.24, 2.45) is 0 Å². The van der Waals surface area contributed by atoms with Gasteiger partial charge < -0.3 is 10.2 Å². The summed E-state index contributed by atoms with van der Waals surface area (Å²) in [6.07, 6.45) is 0. The van der Waals surface area contributed by atoms with Crippen molar-refractivity contribution in [1.82, 2.24) is 14.1 Å². The average molecular weight is 249 g/mol. The summed E-state index contributed by atoms with van der Waals surface area (Å²) in [7, 11) is 0. The Bertz CT molecular complexity index is 330. The predicted molar refractivity (Wildman–Crippen MR) is 61.5 cm³/mol. The molecular formula is C8H13ClN4OS. The smallest absolute Gasteiger partial charge is 0.239 e. The van der Waals surface area contributed by atoms with Crippen LogP contribution in [-0.4, -0.2) is 34.3 Å². The molecule has 1 amide bonds. The maximum atomic E-state index is 11.4. The molecule has 7 heteroatoms. The van der Waals surface area contributed by atoms with E-state index in [9.17, 15) is 4.79 Å². The van der Waals surface area contributed by atoms with E-state index in [4.69, 9.17) is 11.6 Å². The number of nitrogens with zero attached hydrogens (tertiary/aromatic N) is 3. The molecule has 0 spiro atoms. The van der Waals surface area contributed by atoms with E-state index in [0.29, 0.717) is 24.1 Å². The van der Waals surface area contributed by atoms with Crippen LogP contribution in [-0.2, 0) is 4.79 Å². The third-order valence-electron chi connectivity index (χ3n) is 1.82. The SMILES string of the molecule is CCNC(=O)CN(CC)c1nsnc1Cl. The van der Waals surface area contributed by atoms with Gasteiger partial charge in [0.15, 0.2) is 11.0 Å². The summed E-state index contributed by atoms with van der Waals surface area (Å²) in [4.78, 5) is 13.2. The molecular weight excluding hydrogens is 236 g/mol. The molecule has 0 radical (unpaired) electrons. The summed E-state index contributed by atoms with van der Waals surface area (Å²) >= 11 is 6.88. The third-order valence-corrected chi connectivity index (χ3v) is 2.70. The molecule has 0 aliphatic rings. The molecule has 1 heterocycles. The minimum atomic E-state index is -0.0385. The first-order chi connectivity index (χ1) is 7.19. The van der Waals surface area contributed by atoms with Crippen LogP contribution in [0.15, 0.2) is 0 Å². The standard InChI is InChI=1S/C8H13ClN4OS/c1-3-10-6(14)5-13(4-2)8-7(9)11-15-12-8/h3-5H2,1-2H3,(H,10,14). The molecule has 1 aromatic rings. The molecule has 1 aromatic heterocycles. The second-order valence-electron chi connectivity index (χ2n) is 2.85. The Morgan fingerprint density at radius 3 is 2.73 bits per heavy atom. The van der Waals surface area contributed by atoms with Gasteiger partial charge in [-0.3, -0.25) is 4.79 Å². The van der Waals surface area contributed by atoms with E-state index in [1.54, 1.807) is 4.90 Å². The van der Waals surface area contributed by atoms with Gasteiger partial charge >= 0.3 is 0 Å². The minimum Gasteiger partial charge on any atom is -0.355 e. The molecule has 0 saturated carbocycles. The van der Waals surface area contributed by atoms with Crippen LogP contribution in [0.5, 0.6) is 0 Å². The van der Waals surface area contributed by atoms with Gasteiger partial charge in [0.1, 0.15) is 0 Å². The normalized spacial score (nSPS) is 10.1. The fraction of sp³-hybridized carbons (Fsp3) is 0.625. The molecule has 0 aliphatic heterocycles. The van der Waals surface area contributed by atoms with Crippen molar-refractivity contribution in [1.29, 1.82) is 0 Å². The van der Waals surface area contributed by atoms with Crippen molar-refractivity contribution in [2.45, 2.75) is 13.8 Å². The van der Waals surface area contributed by atoms with Gasteiger partial charge in [0.05, 0.1) is 18.3 Å². The average Bonchev–Trinajstić information content (AvgIpc) is 2.61. The molecule has 84 valence electrons. The van der Waals surface area contributed by atoms with Gasteiger partial charge in [-0.2, -0.15) is 8.75 Å². The van der Waals surface area contributed by atoms with Gasteiger partial charge in [-0.25, -0.2) is 0 Å². The maximum absolute atomic E-state index is 11.4. The Morgan fingerprint density at radius 1 is 1.53 bits per heavy atom. The zero-order valence-corrected chi connectivity index (χ0v) is 10.2. The molecule has 0 fully saturated rings. The zero-order chi connectivity index (χ0) is 11.3. The number of amides is 1. The Kier molecular flexibility index (Phi) is 4.77. The van der Waals surface area contributed by atoms with Crippen molar-refractivity contribution in [3.63, 3.8) is 0 Å². The van der Waals surface area contributed by atoms with E-state index in [2.05, 4.69) is 14.1 Å².